The number of hydrogen-bond donors (Lipinski definition) is 0. The summed E-state index contributed by atoms with van der Waals surface area (Å²) in [5, 5.41) is 0. The summed E-state index contributed by atoms with van der Waals surface area (Å²) in [5.41, 5.74) is 2.46. The maximum atomic E-state index is 11.8. The molecule has 2 bridgehead atoms. The minimum Gasteiger partial charge on any atom is -0.303 e. The van der Waals surface area contributed by atoms with Gasteiger partial charge in [0.15, 0.2) is 0 Å². The van der Waals surface area contributed by atoms with Gasteiger partial charge in [0, 0.05) is 5.41 Å². The minimum absolute atomic E-state index is 0.0545. The number of allylic oxidation sites excluding steroid dienone is 1. The Balaban J connectivity index is 1.75. The lowest BCUT2D eigenvalue weighted by molar-refractivity contribution is -0.157. The number of hydrogen-bond acceptors (Lipinski definition) is 1. The lowest BCUT2D eigenvalue weighted by atomic mass is 9.41. The molecule has 1 nitrogen and oxygen atoms in total. The fourth-order valence-corrected chi connectivity index (χ4v) is 7.54. The number of rotatable bonds is 1. The van der Waals surface area contributed by atoms with Crippen molar-refractivity contribution < 1.29 is 4.79 Å². The van der Waals surface area contributed by atoms with Gasteiger partial charge in [-0.2, -0.15) is 0 Å². The zero-order chi connectivity index (χ0) is 14.9. The Hall–Kier alpha value is -0.590. The summed E-state index contributed by atoms with van der Waals surface area (Å²) in [6, 6.07) is 0. The first-order valence-electron chi connectivity index (χ1n) is 9.08. The molecule has 0 N–H and O–H groups in total. The normalized spacial score (nSPS) is 55.7. The molecular formula is C20H30O. The minimum atomic E-state index is -0.0545. The zero-order valence-corrected chi connectivity index (χ0v) is 13.8. The van der Waals surface area contributed by atoms with Crippen LogP contribution < -0.4 is 0 Å². The van der Waals surface area contributed by atoms with E-state index in [1.165, 1.54) is 57.7 Å². The van der Waals surface area contributed by atoms with Gasteiger partial charge in [-0.15, -0.1) is 0 Å². The van der Waals surface area contributed by atoms with Gasteiger partial charge in [0.05, 0.1) is 0 Å². The van der Waals surface area contributed by atoms with Crippen molar-refractivity contribution in [3.05, 3.63) is 12.2 Å². The van der Waals surface area contributed by atoms with Gasteiger partial charge in [-0.1, -0.05) is 32.4 Å². The molecule has 4 fully saturated rings. The molecule has 6 atom stereocenters. The van der Waals surface area contributed by atoms with Crippen LogP contribution in [0.15, 0.2) is 12.2 Å². The van der Waals surface area contributed by atoms with Crippen molar-refractivity contribution in [3.8, 4) is 0 Å². The quantitative estimate of drug-likeness (QED) is 0.481. The van der Waals surface area contributed by atoms with Crippen LogP contribution in [-0.4, -0.2) is 6.29 Å². The highest BCUT2D eigenvalue weighted by atomic mass is 16.1. The first-order chi connectivity index (χ1) is 9.94. The molecule has 0 heterocycles. The van der Waals surface area contributed by atoms with Crippen LogP contribution in [0, 0.1) is 34.0 Å². The van der Waals surface area contributed by atoms with Crippen LogP contribution in [0.25, 0.3) is 0 Å². The third-order valence-corrected chi connectivity index (χ3v) is 8.37. The van der Waals surface area contributed by atoms with Crippen molar-refractivity contribution in [1.82, 2.24) is 0 Å². The first kappa shape index (κ1) is 14.0. The fraction of sp³-hybridized carbons (Fsp3) is 0.850. The van der Waals surface area contributed by atoms with Crippen molar-refractivity contribution in [1.29, 1.82) is 0 Å². The Morgan fingerprint density at radius 2 is 1.90 bits per heavy atom. The summed E-state index contributed by atoms with van der Waals surface area (Å²) in [4.78, 5) is 11.8. The van der Waals surface area contributed by atoms with Gasteiger partial charge in [0.2, 0.25) is 0 Å². The monoisotopic (exact) mass is 286 g/mol. The molecule has 0 unspecified atom stereocenters. The second kappa shape index (κ2) is 4.24. The lowest BCUT2D eigenvalue weighted by Gasteiger charge is -2.63. The van der Waals surface area contributed by atoms with E-state index in [-0.39, 0.29) is 5.41 Å². The molecule has 0 aromatic carbocycles. The Labute approximate surface area is 129 Å². The maximum Gasteiger partial charge on any atom is 0.126 e. The summed E-state index contributed by atoms with van der Waals surface area (Å²) < 4.78 is 0. The molecule has 21 heavy (non-hydrogen) atoms. The second-order valence-corrected chi connectivity index (χ2v) is 9.30. The molecule has 0 amide bonds. The molecule has 0 radical (unpaired) electrons. The summed E-state index contributed by atoms with van der Waals surface area (Å²) in [6.07, 6.45) is 13.1. The molecule has 4 saturated carbocycles. The molecule has 1 spiro atoms. The predicted molar refractivity (Wildman–Crippen MR) is 85.9 cm³/mol. The number of carbonyl (C=O) groups is 1. The van der Waals surface area contributed by atoms with E-state index in [0.717, 1.165) is 18.3 Å². The van der Waals surface area contributed by atoms with E-state index in [0.29, 0.717) is 16.7 Å². The Bertz CT molecular complexity index is 494. The van der Waals surface area contributed by atoms with Gasteiger partial charge in [-0.05, 0) is 80.0 Å². The molecular weight excluding hydrogens is 256 g/mol. The van der Waals surface area contributed by atoms with Crippen LogP contribution >= 0.6 is 0 Å². The Kier molecular flexibility index (Phi) is 2.83. The van der Waals surface area contributed by atoms with Crippen LogP contribution in [0.2, 0.25) is 0 Å². The summed E-state index contributed by atoms with van der Waals surface area (Å²) in [6.45, 7) is 9.19. The smallest absolute Gasteiger partial charge is 0.126 e. The van der Waals surface area contributed by atoms with Crippen molar-refractivity contribution in [2.24, 2.45) is 34.0 Å². The molecule has 1 heteroatoms. The number of aldehydes is 1. The van der Waals surface area contributed by atoms with E-state index in [1.807, 2.05) is 0 Å². The zero-order valence-electron chi connectivity index (χ0n) is 13.8. The lowest BCUT2D eigenvalue weighted by Crippen LogP contribution is -2.56. The molecule has 0 saturated heterocycles. The van der Waals surface area contributed by atoms with Gasteiger partial charge < -0.3 is 4.79 Å². The SMILES string of the molecule is C=C1C[C@@]23CC[C@@H]4[C@@](C)(CCC[C@@]4(C)C=O)[C@@H]2CC[C@@H]1C3. The van der Waals surface area contributed by atoms with Crippen LogP contribution in [0.3, 0.4) is 0 Å². The number of fused-ring (bicyclic) bond motifs is 3. The fourth-order valence-electron chi connectivity index (χ4n) is 7.54. The van der Waals surface area contributed by atoms with Crippen LogP contribution in [0.1, 0.15) is 71.6 Å². The Morgan fingerprint density at radius 3 is 2.67 bits per heavy atom. The highest BCUT2D eigenvalue weighted by Gasteiger charge is 2.63. The summed E-state index contributed by atoms with van der Waals surface area (Å²) >= 11 is 0. The van der Waals surface area contributed by atoms with E-state index in [4.69, 9.17) is 0 Å². The van der Waals surface area contributed by atoms with E-state index in [1.54, 1.807) is 5.57 Å². The molecule has 4 rings (SSSR count). The highest BCUT2D eigenvalue weighted by molar-refractivity contribution is 5.60. The number of carbonyl (C=O) groups excluding carboxylic acids is 1. The maximum absolute atomic E-state index is 11.8. The van der Waals surface area contributed by atoms with Crippen molar-refractivity contribution in [2.45, 2.75) is 71.6 Å². The summed E-state index contributed by atoms with van der Waals surface area (Å²) in [7, 11) is 0. The molecule has 4 aliphatic rings. The molecule has 0 aromatic rings. The van der Waals surface area contributed by atoms with E-state index < -0.39 is 0 Å². The average Bonchev–Trinajstić information content (AvgIpc) is 2.68. The van der Waals surface area contributed by atoms with Crippen molar-refractivity contribution in [2.75, 3.05) is 0 Å². The largest absolute Gasteiger partial charge is 0.303 e. The topological polar surface area (TPSA) is 17.1 Å². The van der Waals surface area contributed by atoms with Gasteiger partial charge in [0.25, 0.3) is 0 Å². The van der Waals surface area contributed by atoms with Crippen LogP contribution in [0.4, 0.5) is 0 Å². The van der Waals surface area contributed by atoms with Crippen molar-refractivity contribution in [3.63, 3.8) is 0 Å². The molecule has 116 valence electrons. The summed E-state index contributed by atoms with van der Waals surface area (Å²) in [5.74, 6) is 2.29. The van der Waals surface area contributed by atoms with Gasteiger partial charge in [0.1, 0.15) is 6.29 Å². The molecule has 0 aromatic heterocycles. The first-order valence-corrected chi connectivity index (χ1v) is 9.08. The van der Waals surface area contributed by atoms with Gasteiger partial charge >= 0.3 is 0 Å². The van der Waals surface area contributed by atoms with E-state index in [2.05, 4.69) is 20.4 Å². The Morgan fingerprint density at radius 1 is 1.10 bits per heavy atom. The van der Waals surface area contributed by atoms with E-state index in [9.17, 15) is 4.79 Å². The average molecular weight is 286 g/mol. The third-order valence-electron chi connectivity index (χ3n) is 8.37. The third kappa shape index (κ3) is 1.67. The van der Waals surface area contributed by atoms with Crippen molar-refractivity contribution >= 4 is 6.29 Å². The second-order valence-electron chi connectivity index (χ2n) is 9.30. The van der Waals surface area contributed by atoms with Gasteiger partial charge in [-0.25, -0.2) is 0 Å². The van der Waals surface area contributed by atoms with Crippen LogP contribution in [-0.2, 0) is 4.79 Å². The molecule has 4 aliphatic carbocycles. The molecule has 0 aliphatic heterocycles. The van der Waals surface area contributed by atoms with E-state index >= 15 is 0 Å². The van der Waals surface area contributed by atoms with Gasteiger partial charge in [-0.3, -0.25) is 0 Å². The van der Waals surface area contributed by atoms with Crippen LogP contribution in [0.5, 0.6) is 0 Å². The predicted octanol–water partition coefficient (Wildman–Crippen LogP) is 5.15. The highest BCUT2D eigenvalue weighted by Crippen LogP contribution is 2.71. The standard InChI is InChI=1S/C20H30O/c1-14-11-20-10-7-16-18(2,13-21)8-4-9-19(16,3)17(20)6-5-15(14)12-20/h13,15-17H,1,4-12H2,2-3H3/t15-,16+,17+,18+,19-,20-/m1/s1.